The van der Waals surface area contributed by atoms with Gasteiger partial charge in [-0.2, -0.15) is 0 Å². The van der Waals surface area contributed by atoms with Crippen LogP contribution in [-0.2, 0) is 4.74 Å². The normalized spacial score (nSPS) is 24.4. The molecular formula is C18H27FN4O2. The highest BCUT2D eigenvalue weighted by Crippen LogP contribution is 2.37. The number of hydrogen-bond acceptors (Lipinski definition) is 4. The minimum absolute atomic E-state index is 0.0376. The maximum absolute atomic E-state index is 13.5. The highest BCUT2D eigenvalue weighted by Gasteiger charge is 2.38. The van der Waals surface area contributed by atoms with Gasteiger partial charge < -0.3 is 19.7 Å². The van der Waals surface area contributed by atoms with Gasteiger partial charge in [0, 0.05) is 38.4 Å². The van der Waals surface area contributed by atoms with E-state index in [0.29, 0.717) is 13.2 Å². The van der Waals surface area contributed by atoms with Crippen LogP contribution in [0.1, 0.15) is 25.7 Å². The third-order valence-corrected chi connectivity index (χ3v) is 4.93. The van der Waals surface area contributed by atoms with Crippen molar-refractivity contribution in [3.63, 3.8) is 0 Å². The summed E-state index contributed by atoms with van der Waals surface area (Å²) in [6.07, 6.45) is 6.26. The molecule has 138 valence electrons. The molecule has 1 N–H and O–H groups in total. The number of aliphatic imine (C=N–C) groups is 1. The highest BCUT2D eigenvalue weighted by molar-refractivity contribution is 5.80. The lowest BCUT2D eigenvalue weighted by Crippen LogP contribution is -2.53. The Balaban J connectivity index is 1.48. The summed E-state index contributed by atoms with van der Waals surface area (Å²) in [5.74, 6) is 0.465. The Morgan fingerprint density at radius 2 is 2.36 bits per heavy atom. The first-order chi connectivity index (χ1) is 12.2. The molecule has 2 aliphatic heterocycles. The van der Waals surface area contributed by atoms with Crippen LogP contribution in [-0.4, -0.2) is 62.3 Å². The van der Waals surface area contributed by atoms with Crippen molar-refractivity contribution in [2.45, 2.75) is 25.7 Å². The van der Waals surface area contributed by atoms with Crippen LogP contribution in [0.25, 0.3) is 0 Å². The minimum atomic E-state index is -0.442. The molecule has 0 radical (unpaired) electrons. The zero-order valence-corrected chi connectivity index (χ0v) is 14.8. The second-order valence-electron chi connectivity index (χ2n) is 6.79. The first-order valence-electron chi connectivity index (χ1n) is 8.99. The standard InChI is InChI=1S/C18H27FN4O2/c1-20-17(22-9-12-25-16-15(19)5-2-8-21-16)23-10-3-6-18(13-23)7-4-11-24-14-18/h2,5,8H,3-4,6-7,9-14H2,1H3,(H,20,22). The Labute approximate surface area is 148 Å². The molecule has 0 aliphatic carbocycles. The number of halogens is 1. The molecule has 1 aromatic heterocycles. The van der Waals surface area contributed by atoms with Crippen LogP contribution < -0.4 is 10.1 Å². The molecule has 7 heteroatoms. The van der Waals surface area contributed by atoms with E-state index >= 15 is 0 Å². The number of guanidine groups is 1. The number of nitrogens with one attached hydrogen (secondary N) is 1. The highest BCUT2D eigenvalue weighted by atomic mass is 19.1. The fraction of sp³-hybridized carbons (Fsp3) is 0.667. The van der Waals surface area contributed by atoms with Crippen molar-refractivity contribution in [2.75, 3.05) is 46.5 Å². The number of piperidine rings is 1. The summed E-state index contributed by atoms with van der Waals surface area (Å²) in [4.78, 5) is 10.6. The molecule has 0 bridgehead atoms. The molecular weight excluding hydrogens is 323 g/mol. The Morgan fingerprint density at radius 1 is 1.48 bits per heavy atom. The zero-order valence-electron chi connectivity index (χ0n) is 14.8. The van der Waals surface area contributed by atoms with Gasteiger partial charge in [-0.1, -0.05) is 0 Å². The summed E-state index contributed by atoms with van der Waals surface area (Å²) in [6, 6.07) is 2.89. The Hall–Kier alpha value is -1.89. The lowest BCUT2D eigenvalue weighted by atomic mass is 9.76. The van der Waals surface area contributed by atoms with Gasteiger partial charge >= 0.3 is 0 Å². The van der Waals surface area contributed by atoms with Gasteiger partial charge in [0.2, 0.25) is 5.88 Å². The monoisotopic (exact) mass is 350 g/mol. The van der Waals surface area contributed by atoms with E-state index in [1.165, 1.54) is 25.1 Å². The Kier molecular flexibility index (Phi) is 6.07. The number of likely N-dealkylation sites (tertiary alicyclic amines) is 1. The molecule has 1 aromatic rings. The SMILES string of the molecule is CN=C(NCCOc1ncccc1F)N1CCCC2(CCCOC2)C1. The van der Waals surface area contributed by atoms with Gasteiger partial charge in [-0.05, 0) is 37.8 Å². The molecule has 3 heterocycles. The summed E-state index contributed by atoms with van der Waals surface area (Å²) in [6.45, 7) is 4.58. The van der Waals surface area contributed by atoms with Gasteiger partial charge in [0.05, 0.1) is 13.2 Å². The summed E-state index contributed by atoms with van der Waals surface area (Å²) in [5, 5.41) is 3.31. The summed E-state index contributed by atoms with van der Waals surface area (Å²) < 4.78 is 24.6. The minimum Gasteiger partial charge on any atom is -0.474 e. The first kappa shape index (κ1) is 17.9. The quantitative estimate of drug-likeness (QED) is 0.512. The molecule has 0 aromatic carbocycles. The predicted molar refractivity (Wildman–Crippen MR) is 94.3 cm³/mol. The molecule has 0 saturated carbocycles. The average Bonchev–Trinajstić information content (AvgIpc) is 2.64. The molecule has 2 saturated heterocycles. The fourth-order valence-corrected chi connectivity index (χ4v) is 3.74. The lowest BCUT2D eigenvalue weighted by Gasteiger charge is -2.45. The molecule has 1 spiro atoms. The average molecular weight is 350 g/mol. The van der Waals surface area contributed by atoms with E-state index in [0.717, 1.165) is 45.1 Å². The van der Waals surface area contributed by atoms with Crippen LogP contribution in [0.5, 0.6) is 5.88 Å². The number of ether oxygens (including phenoxy) is 2. The van der Waals surface area contributed by atoms with Crippen LogP contribution >= 0.6 is 0 Å². The van der Waals surface area contributed by atoms with Crippen molar-refractivity contribution in [3.05, 3.63) is 24.1 Å². The second kappa shape index (κ2) is 8.47. The van der Waals surface area contributed by atoms with Crippen LogP contribution in [0.3, 0.4) is 0 Å². The van der Waals surface area contributed by atoms with Crippen molar-refractivity contribution in [1.82, 2.24) is 15.2 Å². The van der Waals surface area contributed by atoms with Crippen molar-refractivity contribution < 1.29 is 13.9 Å². The Morgan fingerprint density at radius 3 is 3.12 bits per heavy atom. The number of rotatable bonds is 4. The van der Waals surface area contributed by atoms with E-state index in [1.807, 2.05) is 0 Å². The fourth-order valence-electron chi connectivity index (χ4n) is 3.74. The molecule has 2 fully saturated rings. The van der Waals surface area contributed by atoms with E-state index < -0.39 is 5.82 Å². The lowest BCUT2D eigenvalue weighted by molar-refractivity contribution is -0.0370. The molecule has 6 nitrogen and oxygen atoms in total. The van der Waals surface area contributed by atoms with Crippen LogP contribution in [0.2, 0.25) is 0 Å². The van der Waals surface area contributed by atoms with Crippen LogP contribution in [0, 0.1) is 11.2 Å². The largest absolute Gasteiger partial charge is 0.474 e. The maximum Gasteiger partial charge on any atom is 0.250 e. The van der Waals surface area contributed by atoms with Gasteiger partial charge in [-0.15, -0.1) is 0 Å². The van der Waals surface area contributed by atoms with E-state index in [9.17, 15) is 4.39 Å². The van der Waals surface area contributed by atoms with Gasteiger partial charge in [-0.3, -0.25) is 4.99 Å². The van der Waals surface area contributed by atoms with Gasteiger partial charge in [-0.25, -0.2) is 9.37 Å². The predicted octanol–water partition coefficient (Wildman–Crippen LogP) is 2.07. The van der Waals surface area contributed by atoms with E-state index in [1.54, 1.807) is 13.1 Å². The van der Waals surface area contributed by atoms with Crippen molar-refractivity contribution in [1.29, 1.82) is 0 Å². The topological polar surface area (TPSA) is 59.0 Å². The van der Waals surface area contributed by atoms with Crippen molar-refractivity contribution in [3.8, 4) is 5.88 Å². The van der Waals surface area contributed by atoms with Gasteiger partial charge in [0.25, 0.3) is 0 Å². The van der Waals surface area contributed by atoms with Crippen LogP contribution in [0.15, 0.2) is 23.3 Å². The molecule has 0 amide bonds. The van der Waals surface area contributed by atoms with Crippen LogP contribution in [0.4, 0.5) is 4.39 Å². The number of hydrogen-bond donors (Lipinski definition) is 1. The summed E-state index contributed by atoms with van der Waals surface area (Å²) >= 11 is 0. The molecule has 25 heavy (non-hydrogen) atoms. The molecule has 3 rings (SSSR count). The molecule has 1 atom stereocenters. The number of pyridine rings is 1. The first-order valence-corrected chi connectivity index (χ1v) is 8.99. The third-order valence-electron chi connectivity index (χ3n) is 4.93. The van der Waals surface area contributed by atoms with E-state index in [-0.39, 0.29) is 11.3 Å². The summed E-state index contributed by atoms with van der Waals surface area (Å²) in [5.41, 5.74) is 0.266. The van der Waals surface area contributed by atoms with E-state index in [4.69, 9.17) is 9.47 Å². The Bertz CT molecular complexity index is 585. The molecule has 1 unspecified atom stereocenters. The van der Waals surface area contributed by atoms with Gasteiger partial charge in [0.15, 0.2) is 11.8 Å². The van der Waals surface area contributed by atoms with Crippen molar-refractivity contribution >= 4 is 5.96 Å². The second-order valence-corrected chi connectivity index (χ2v) is 6.79. The number of aromatic nitrogens is 1. The van der Waals surface area contributed by atoms with E-state index in [2.05, 4.69) is 20.2 Å². The summed E-state index contributed by atoms with van der Waals surface area (Å²) in [7, 11) is 1.79. The molecule has 2 aliphatic rings. The number of nitrogens with zero attached hydrogens (tertiary/aromatic N) is 3. The smallest absolute Gasteiger partial charge is 0.250 e. The van der Waals surface area contributed by atoms with Gasteiger partial charge in [0.1, 0.15) is 6.61 Å². The zero-order chi connectivity index (χ0) is 17.5. The maximum atomic E-state index is 13.5. The van der Waals surface area contributed by atoms with Crippen molar-refractivity contribution in [2.24, 2.45) is 10.4 Å². The third kappa shape index (κ3) is 4.60.